The van der Waals surface area contributed by atoms with Crippen LogP contribution in [-0.4, -0.2) is 12.0 Å². The van der Waals surface area contributed by atoms with Crippen LogP contribution in [0.15, 0.2) is 48.5 Å². The van der Waals surface area contributed by atoms with Crippen molar-refractivity contribution < 1.29 is 9.53 Å². The van der Waals surface area contributed by atoms with Gasteiger partial charge in [-0.15, -0.1) is 0 Å². The SMILES string of the molecule is CCc1ccc(NC(=O)C(C)Oc2ccc(N)cc2)cc1. The number of anilines is 2. The number of nitrogens with one attached hydrogen (secondary N) is 1. The summed E-state index contributed by atoms with van der Waals surface area (Å²) in [5.74, 6) is 0.434. The predicted octanol–water partition coefficient (Wildman–Crippen LogP) is 3.24. The molecule has 1 amide bonds. The number of amides is 1. The third-order valence-corrected chi connectivity index (χ3v) is 3.19. The van der Waals surface area contributed by atoms with Crippen molar-refractivity contribution in [3.05, 3.63) is 54.1 Å². The maximum atomic E-state index is 12.1. The fourth-order valence-electron chi connectivity index (χ4n) is 1.87. The van der Waals surface area contributed by atoms with Crippen LogP contribution >= 0.6 is 0 Å². The van der Waals surface area contributed by atoms with Crippen LogP contribution < -0.4 is 15.8 Å². The zero-order chi connectivity index (χ0) is 15.2. The number of ether oxygens (including phenoxy) is 1. The number of benzene rings is 2. The first-order valence-corrected chi connectivity index (χ1v) is 7.00. The molecule has 0 saturated carbocycles. The average Bonchev–Trinajstić information content (AvgIpc) is 2.50. The molecule has 1 unspecified atom stereocenters. The Morgan fingerprint density at radius 3 is 2.33 bits per heavy atom. The molecule has 0 radical (unpaired) electrons. The summed E-state index contributed by atoms with van der Waals surface area (Å²) < 4.78 is 5.58. The van der Waals surface area contributed by atoms with E-state index in [-0.39, 0.29) is 5.91 Å². The van der Waals surface area contributed by atoms with Gasteiger partial charge in [-0.05, 0) is 55.3 Å². The van der Waals surface area contributed by atoms with Gasteiger partial charge in [0.15, 0.2) is 6.10 Å². The van der Waals surface area contributed by atoms with Gasteiger partial charge in [-0.3, -0.25) is 4.79 Å². The quantitative estimate of drug-likeness (QED) is 0.828. The molecule has 0 aliphatic carbocycles. The standard InChI is InChI=1S/C17H20N2O2/c1-3-13-4-8-15(9-5-13)19-17(20)12(2)21-16-10-6-14(18)7-11-16/h4-12H,3,18H2,1-2H3,(H,19,20). The molecule has 4 nitrogen and oxygen atoms in total. The zero-order valence-corrected chi connectivity index (χ0v) is 12.3. The highest BCUT2D eigenvalue weighted by Crippen LogP contribution is 2.16. The molecule has 110 valence electrons. The maximum Gasteiger partial charge on any atom is 0.265 e. The molecular formula is C17H20N2O2. The van der Waals surface area contributed by atoms with Gasteiger partial charge in [-0.2, -0.15) is 0 Å². The van der Waals surface area contributed by atoms with E-state index < -0.39 is 6.10 Å². The maximum absolute atomic E-state index is 12.1. The Morgan fingerprint density at radius 2 is 1.76 bits per heavy atom. The van der Waals surface area contributed by atoms with Crippen molar-refractivity contribution in [2.75, 3.05) is 11.1 Å². The van der Waals surface area contributed by atoms with Crippen LogP contribution in [0.2, 0.25) is 0 Å². The minimum absolute atomic E-state index is 0.184. The fourth-order valence-corrected chi connectivity index (χ4v) is 1.87. The van der Waals surface area contributed by atoms with Crippen molar-refractivity contribution >= 4 is 17.3 Å². The van der Waals surface area contributed by atoms with Crippen LogP contribution in [0.1, 0.15) is 19.4 Å². The third-order valence-electron chi connectivity index (χ3n) is 3.19. The number of hydrogen-bond donors (Lipinski definition) is 2. The number of aryl methyl sites for hydroxylation is 1. The minimum Gasteiger partial charge on any atom is -0.481 e. The summed E-state index contributed by atoms with van der Waals surface area (Å²) in [6.07, 6.45) is 0.393. The molecule has 0 saturated heterocycles. The van der Waals surface area contributed by atoms with E-state index in [1.165, 1.54) is 5.56 Å². The Bertz CT molecular complexity index is 591. The Balaban J connectivity index is 1.93. The molecule has 2 rings (SSSR count). The van der Waals surface area contributed by atoms with E-state index in [0.717, 1.165) is 12.1 Å². The Kier molecular flexibility index (Phi) is 4.82. The summed E-state index contributed by atoms with van der Waals surface area (Å²) in [5, 5.41) is 2.84. The molecule has 2 aromatic rings. The van der Waals surface area contributed by atoms with Crippen LogP contribution in [0.25, 0.3) is 0 Å². The lowest BCUT2D eigenvalue weighted by atomic mass is 10.1. The Hall–Kier alpha value is -2.49. The van der Waals surface area contributed by atoms with Gasteiger partial charge >= 0.3 is 0 Å². The molecule has 4 heteroatoms. The summed E-state index contributed by atoms with van der Waals surface area (Å²) in [6, 6.07) is 14.8. The zero-order valence-electron chi connectivity index (χ0n) is 12.3. The minimum atomic E-state index is -0.584. The van der Waals surface area contributed by atoms with E-state index in [4.69, 9.17) is 10.5 Å². The van der Waals surface area contributed by atoms with Crippen molar-refractivity contribution in [2.24, 2.45) is 0 Å². The van der Waals surface area contributed by atoms with Gasteiger partial charge in [0.2, 0.25) is 0 Å². The molecule has 0 spiro atoms. The highest BCUT2D eigenvalue weighted by Gasteiger charge is 2.14. The van der Waals surface area contributed by atoms with Crippen LogP contribution in [-0.2, 0) is 11.2 Å². The summed E-state index contributed by atoms with van der Waals surface area (Å²) in [5.41, 5.74) is 8.27. The van der Waals surface area contributed by atoms with Crippen molar-refractivity contribution in [1.82, 2.24) is 0 Å². The summed E-state index contributed by atoms with van der Waals surface area (Å²) in [6.45, 7) is 3.81. The predicted molar refractivity (Wildman–Crippen MR) is 85.4 cm³/mol. The summed E-state index contributed by atoms with van der Waals surface area (Å²) in [7, 11) is 0. The van der Waals surface area contributed by atoms with Gasteiger partial charge in [-0.1, -0.05) is 19.1 Å². The van der Waals surface area contributed by atoms with Crippen molar-refractivity contribution in [2.45, 2.75) is 26.4 Å². The van der Waals surface area contributed by atoms with E-state index >= 15 is 0 Å². The van der Waals surface area contributed by atoms with Gasteiger partial charge in [-0.25, -0.2) is 0 Å². The van der Waals surface area contributed by atoms with E-state index in [9.17, 15) is 4.79 Å². The molecule has 0 heterocycles. The number of carbonyl (C=O) groups excluding carboxylic acids is 1. The van der Waals surface area contributed by atoms with Crippen LogP contribution in [0.5, 0.6) is 5.75 Å². The molecule has 0 bridgehead atoms. The molecule has 0 aliphatic rings. The molecule has 2 aromatic carbocycles. The fraction of sp³-hybridized carbons (Fsp3) is 0.235. The van der Waals surface area contributed by atoms with Crippen LogP contribution in [0.3, 0.4) is 0 Å². The van der Waals surface area contributed by atoms with Crippen molar-refractivity contribution in [3.63, 3.8) is 0 Å². The van der Waals surface area contributed by atoms with Gasteiger partial charge in [0.1, 0.15) is 5.75 Å². The van der Waals surface area contributed by atoms with Crippen LogP contribution in [0.4, 0.5) is 11.4 Å². The molecule has 3 N–H and O–H groups in total. The number of rotatable bonds is 5. The van der Waals surface area contributed by atoms with Gasteiger partial charge < -0.3 is 15.8 Å². The second kappa shape index (κ2) is 6.79. The molecular weight excluding hydrogens is 264 g/mol. The van der Waals surface area contributed by atoms with E-state index in [2.05, 4.69) is 12.2 Å². The number of carbonyl (C=O) groups is 1. The van der Waals surface area contributed by atoms with Crippen LogP contribution in [0, 0.1) is 0 Å². The first kappa shape index (κ1) is 14.9. The highest BCUT2D eigenvalue weighted by molar-refractivity contribution is 5.94. The molecule has 0 fully saturated rings. The molecule has 0 aromatic heterocycles. The summed E-state index contributed by atoms with van der Waals surface area (Å²) >= 11 is 0. The number of hydrogen-bond acceptors (Lipinski definition) is 3. The lowest BCUT2D eigenvalue weighted by molar-refractivity contribution is -0.122. The second-order valence-electron chi connectivity index (χ2n) is 4.87. The lowest BCUT2D eigenvalue weighted by Gasteiger charge is -2.15. The molecule has 21 heavy (non-hydrogen) atoms. The monoisotopic (exact) mass is 284 g/mol. The Morgan fingerprint density at radius 1 is 1.14 bits per heavy atom. The first-order valence-electron chi connectivity index (χ1n) is 7.00. The third kappa shape index (κ3) is 4.24. The summed E-state index contributed by atoms with van der Waals surface area (Å²) in [4.78, 5) is 12.1. The smallest absolute Gasteiger partial charge is 0.265 e. The normalized spacial score (nSPS) is 11.7. The van der Waals surface area contributed by atoms with Gasteiger partial charge in [0.25, 0.3) is 5.91 Å². The largest absolute Gasteiger partial charge is 0.481 e. The molecule has 1 atom stereocenters. The van der Waals surface area contributed by atoms with Crippen molar-refractivity contribution in [1.29, 1.82) is 0 Å². The van der Waals surface area contributed by atoms with E-state index in [1.807, 2.05) is 24.3 Å². The number of nitrogen functional groups attached to an aromatic ring is 1. The van der Waals surface area contributed by atoms with Gasteiger partial charge in [0, 0.05) is 11.4 Å². The van der Waals surface area contributed by atoms with Gasteiger partial charge in [0.05, 0.1) is 0 Å². The van der Waals surface area contributed by atoms with Crippen molar-refractivity contribution in [3.8, 4) is 5.75 Å². The topological polar surface area (TPSA) is 64.3 Å². The second-order valence-corrected chi connectivity index (χ2v) is 4.87. The highest BCUT2D eigenvalue weighted by atomic mass is 16.5. The first-order chi connectivity index (χ1) is 10.1. The Labute approximate surface area is 124 Å². The lowest BCUT2D eigenvalue weighted by Crippen LogP contribution is -2.30. The van der Waals surface area contributed by atoms with E-state index in [0.29, 0.717) is 11.4 Å². The van der Waals surface area contributed by atoms with E-state index in [1.54, 1.807) is 31.2 Å². The average molecular weight is 284 g/mol. The number of nitrogens with two attached hydrogens (primary N) is 1. The molecule has 0 aliphatic heterocycles.